The van der Waals surface area contributed by atoms with Crippen molar-refractivity contribution in [3.63, 3.8) is 0 Å². The minimum Gasteiger partial charge on any atom is -0.395 e. The molecule has 1 heterocycles. The number of hydrogen-bond donors (Lipinski definition) is 0. The van der Waals surface area contributed by atoms with Crippen molar-refractivity contribution < 1.29 is 18.3 Å². The van der Waals surface area contributed by atoms with Gasteiger partial charge in [0.05, 0.1) is 0 Å². The highest BCUT2D eigenvalue weighted by Crippen LogP contribution is 2.43. The minimum absolute atomic E-state index is 0.0670. The third-order valence-corrected chi connectivity index (χ3v) is 3.35. The number of benzene rings is 2. The van der Waals surface area contributed by atoms with Gasteiger partial charge in [-0.05, 0) is 30.3 Å². The lowest BCUT2D eigenvalue weighted by atomic mass is 10.3. The van der Waals surface area contributed by atoms with Crippen LogP contribution in [0.2, 0.25) is 0 Å². The van der Waals surface area contributed by atoms with E-state index in [0.29, 0.717) is 0 Å². The summed E-state index contributed by atoms with van der Waals surface area (Å²) in [6.45, 7) is 0. The van der Waals surface area contributed by atoms with Gasteiger partial charge in [0.15, 0.2) is 11.5 Å². The van der Waals surface area contributed by atoms with Crippen molar-refractivity contribution in [3.05, 3.63) is 48.5 Å². The normalized spacial score (nSPS) is 15.7. The second-order valence-electron chi connectivity index (χ2n) is 3.69. The van der Waals surface area contributed by atoms with E-state index in [1.807, 2.05) is 30.3 Å². The molecule has 92 valence electrons. The number of rotatable bonds is 2. The average molecular weight is 266 g/mol. The first-order chi connectivity index (χ1) is 8.62. The van der Waals surface area contributed by atoms with Gasteiger partial charge in [-0.3, -0.25) is 0 Å². The summed E-state index contributed by atoms with van der Waals surface area (Å²) in [6, 6.07) is 14.4. The van der Waals surface area contributed by atoms with Crippen LogP contribution in [0.5, 0.6) is 11.5 Å². The van der Waals surface area contributed by atoms with Crippen molar-refractivity contribution in [3.8, 4) is 11.5 Å². The van der Waals surface area contributed by atoms with Gasteiger partial charge in [-0.2, -0.15) is 0 Å². The van der Waals surface area contributed by atoms with E-state index in [4.69, 9.17) is 0 Å². The predicted molar refractivity (Wildman–Crippen MR) is 63.2 cm³/mol. The van der Waals surface area contributed by atoms with E-state index in [0.717, 1.165) is 9.79 Å². The molecule has 0 amide bonds. The van der Waals surface area contributed by atoms with E-state index in [1.165, 1.54) is 17.8 Å². The first-order valence-electron chi connectivity index (χ1n) is 5.25. The highest BCUT2D eigenvalue weighted by atomic mass is 32.2. The first-order valence-corrected chi connectivity index (χ1v) is 6.07. The third-order valence-electron chi connectivity index (χ3n) is 2.35. The molecule has 0 unspecified atom stereocenters. The fourth-order valence-electron chi connectivity index (χ4n) is 1.62. The second-order valence-corrected chi connectivity index (χ2v) is 4.84. The molecular formula is C13H8F2O2S. The quantitative estimate of drug-likeness (QED) is 0.813. The van der Waals surface area contributed by atoms with Crippen molar-refractivity contribution in [1.29, 1.82) is 0 Å². The van der Waals surface area contributed by atoms with Crippen molar-refractivity contribution in [2.45, 2.75) is 16.1 Å². The summed E-state index contributed by atoms with van der Waals surface area (Å²) in [7, 11) is 0. The minimum atomic E-state index is -3.56. The Kier molecular flexibility index (Phi) is 2.63. The van der Waals surface area contributed by atoms with Crippen LogP contribution in [0.25, 0.3) is 0 Å². The van der Waals surface area contributed by atoms with Gasteiger partial charge in [0.1, 0.15) is 0 Å². The summed E-state index contributed by atoms with van der Waals surface area (Å²) >= 11 is 1.47. The lowest BCUT2D eigenvalue weighted by Crippen LogP contribution is -2.25. The van der Waals surface area contributed by atoms with Crippen molar-refractivity contribution >= 4 is 11.8 Å². The molecule has 5 heteroatoms. The molecule has 0 N–H and O–H groups in total. The Hall–Kier alpha value is -1.75. The molecule has 2 aromatic carbocycles. The Morgan fingerprint density at radius 2 is 1.56 bits per heavy atom. The van der Waals surface area contributed by atoms with Gasteiger partial charge in [0.2, 0.25) is 0 Å². The Morgan fingerprint density at radius 3 is 2.33 bits per heavy atom. The SMILES string of the molecule is FC1(F)Oc2ccc(Sc3ccccc3)cc2O1. The molecule has 1 aliphatic rings. The maximum atomic E-state index is 12.8. The van der Waals surface area contributed by atoms with Crippen LogP contribution in [-0.4, -0.2) is 6.29 Å². The van der Waals surface area contributed by atoms with Crippen molar-refractivity contribution in [2.75, 3.05) is 0 Å². The summed E-state index contributed by atoms with van der Waals surface area (Å²) in [5.41, 5.74) is 0. The van der Waals surface area contributed by atoms with Gasteiger partial charge in [-0.25, -0.2) is 0 Å². The topological polar surface area (TPSA) is 18.5 Å². The van der Waals surface area contributed by atoms with Crippen LogP contribution in [0.3, 0.4) is 0 Å². The van der Waals surface area contributed by atoms with Gasteiger partial charge < -0.3 is 9.47 Å². The number of ether oxygens (including phenoxy) is 2. The fraction of sp³-hybridized carbons (Fsp3) is 0.0769. The van der Waals surface area contributed by atoms with Crippen LogP contribution in [0.15, 0.2) is 58.3 Å². The molecule has 0 aliphatic carbocycles. The molecule has 1 aliphatic heterocycles. The van der Waals surface area contributed by atoms with Crippen molar-refractivity contribution in [1.82, 2.24) is 0 Å². The standard InChI is InChI=1S/C13H8F2O2S/c14-13(15)16-11-7-6-10(8-12(11)17-13)18-9-4-2-1-3-5-9/h1-8H. The van der Waals surface area contributed by atoms with Crippen LogP contribution in [0, 0.1) is 0 Å². The molecule has 2 nitrogen and oxygen atoms in total. The molecular weight excluding hydrogens is 258 g/mol. The van der Waals surface area contributed by atoms with Gasteiger partial charge in [-0.15, -0.1) is 8.78 Å². The first kappa shape index (κ1) is 11.3. The third kappa shape index (κ3) is 2.26. The van der Waals surface area contributed by atoms with E-state index in [9.17, 15) is 8.78 Å². The zero-order valence-corrected chi connectivity index (χ0v) is 9.92. The molecule has 0 spiro atoms. The number of halogens is 2. The molecule has 0 saturated carbocycles. The number of alkyl halides is 2. The van der Waals surface area contributed by atoms with Crippen LogP contribution in [0.1, 0.15) is 0 Å². The highest BCUT2D eigenvalue weighted by molar-refractivity contribution is 7.99. The van der Waals surface area contributed by atoms with Gasteiger partial charge in [0.25, 0.3) is 0 Å². The second kappa shape index (κ2) is 4.17. The smallest absolute Gasteiger partial charge is 0.395 e. The summed E-state index contributed by atoms with van der Waals surface area (Å²) in [5, 5.41) is 0. The van der Waals surface area contributed by atoms with Gasteiger partial charge in [0, 0.05) is 9.79 Å². The van der Waals surface area contributed by atoms with E-state index < -0.39 is 6.29 Å². The summed E-state index contributed by atoms with van der Waals surface area (Å²) in [5.74, 6) is 0.137. The van der Waals surface area contributed by atoms with Gasteiger partial charge in [-0.1, -0.05) is 30.0 Å². The molecule has 0 saturated heterocycles. The predicted octanol–water partition coefficient (Wildman–Crippen LogP) is 4.16. The summed E-state index contributed by atoms with van der Waals surface area (Å²) in [4.78, 5) is 1.85. The molecule has 0 radical (unpaired) electrons. The summed E-state index contributed by atoms with van der Waals surface area (Å²) < 4.78 is 34.4. The Balaban J connectivity index is 1.85. The van der Waals surface area contributed by atoms with Gasteiger partial charge >= 0.3 is 6.29 Å². The molecule has 0 aromatic heterocycles. The highest BCUT2D eigenvalue weighted by Gasteiger charge is 2.43. The zero-order valence-electron chi connectivity index (χ0n) is 9.10. The van der Waals surface area contributed by atoms with E-state index in [-0.39, 0.29) is 11.5 Å². The Bertz CT molecular complexity index is 572. The average Bonchev–Trinajstić information content (AvgIpc) is 2.63. The largest absolute Gasteiger partial charge is 0.586 e. The van der Waals surface area contributed by atoms with E-state index in [2.05, 4.69) is 9.47 Å². The Morgan fingerprint density at radius 1 is 0.833 bits per heavy atom. The lowest BCUT2D eigenvalue weighted by molar-refractivity contribution is -0.286. The van der Waals surface area contributed by atoms with Crippen LogP contribution in [-0.2, 0) is 0 Å². The number of hydrogen-bond acceptors (Lipinski definition) is 3. The lowest BCUT2D eigenvalue weighted by Gasteiger charge is -2.04. The fourth-order valence-corrected chi connectivity index (χ4v) is 2.48. The van der Waals surface area contributed by atoms with Crippen LogP contribution in [0.4, 0.5) is 8.78 Å². The van der Waals surface area contributed by atoms with E-state index in [1.54, 1.807) is 12.1 Å². The molecule has 3 rings (SSSR count). The summed E-state index contributed by atoms with van der Waals surface area (Å²) in [6.07, 6.45) is -3.56. The van der Waals surface area contributed by atoms with Crippen molar-refractivity contribution in [2.24, 2.45) is 0 Å². The van der Waals surface area contributed by atoms with E-state index >= 15 is 0 Å². The maximum Gasteiger partial charge on any atom is 0.586 e. The molecule has 18 heavy (non-hydrogen) atoms. The number of fused-ring (bicyclic) bond motifs is 1. The molecule has 0 atom stereocenters. The van der Waals surface area contributed by atoms with Crippen LogP contribution >= 0.6 is 11.8 Å². The molecule has 0 bridgehead atoms. The molecule has 2 aromatic rings. The molecule has 0 fully saturated rings. The van der Waals surface area contributed by atoms with Crippen LogP contribution < -0.4 is 9.47 Å². The Labute approximate surface area is 107 Å². The monoisotopic (exact) mass is 266 g/mol. The zero-order chi connectivity index (χ0) is 12.6. The maximum absolute atomic E-state index is 12.8.